The summed E-state index contributed by atoms with van der Waals surface area (Å²) in [6.45, 7) is 3.26. The molecule has 1 saturated carbocycles. The first kappa shape index (κ1) is 6.53. The fraction of sp³-hybridized carbons (Fsp3) is 0.857. The Hall–Kier alpha value is -0.180. The third kappa shape index (κ3) is 1.29. The number of rotatable bonds is 1. The van der Waals surface area contributed by atoms with Crippen LogP contribution >= 0.6 is 11.8 Å². The minimum atomic E-state index is 0.413. The van der Waals surface area contributed by atoms with Gasteiger partial charge in [0, 0.05) is 11.3 Å². The summed E-state index contributed by atoms with van der Waals surface area (Å²) >= 11 is 1.85. The Bertz CT molecular complexity index is 172. The van der Waals surface area contributed by atoms with Crippen molar-refractivity contribution in [3.8, 4) is 0 Å². The van der Waals surface area contributed by atoms with Gasteiger partial charge in [-0.2, -0.15) is 0 Å². The summed E-state index contributed by atoms with van der Waals surface area (Å²) in [5.41, 5.74) is 0.413. The van der Waals surface area contributed by atoms with E-state index in [-0.39, 0.29) is 0 Å². The molecule has 3 heteroatoms. The highest BCUT2D eigenvalue weighted by Gasteiger charge is 2.38. The van der Waals surface area contributed by atoms with Crippen molar-refractivity contribution in [2.24, 2.45) is 4.99 Å². The molecule has 1 N–H and O–H groups in total. The standard InChI is InChI=1S/C7H12N2S/c1-7(2-3-7)9-6-8-4-5-10-6/h2-5H2,1H3,(H,8,9). The lowest BCUT2D eigenvalue weighted by Gasteiger charge is -2.10. The predicted molar refractivity (Wildman–Crippen MR) is 45.5 cm³/mol. The zero-order valence-corrected chi connectivity index (χ0v) is 7.00. The molecule has 2 rings (SSSR count). The molecule has 0 amide bonds. The van der Waals surface area contributed by atoms with Gasteiger partial charge in [0.2, 0.25) is 0 Å². The third-order valence-electron chi connectivity index (χ3n) is 1.99. The number of nitrogens with zero attached hydrogens (tertiary/aromatic N) is 1. The molecular formula is C7H12N2S. The summed E-state index contributed by atoms with van der Waals surface area (Å²) in [4.78, 5) is 4.33. The van der Waals surface area contributed by atoms with Crippen LogP contribution in [0.4, 0.5) is 0 Å². The van der Waals surface area contributed by atoms with E-state index in [0.717, 1.165) is 6.54 Å². The van der Waals surface area contributed by atoms with Crippen LogP contribution in [-0.2, 0) is 0 Å². The fourth-order valence-electron chi connectivity index (χ4n) is 0.981. The van der Waals surface area contributed by atoms with Crippen molar-refractivity contribution in [1.82, 2.24) is 5.32 Å². The van der Waals surface area contributed by atoms with Crippen molar-refractivity contribution < 1.29 is 0 Å². The maximum Gasteiger partial charge on any atom is 0.157 e. The second kappa shape index (κ2) is 2.16. The Kier molecular flexibility index (Phi) is 1.41. The zero-order valence-electron chi connectivity index (χ0n) is 6.18. The van der Waals surface area contributed by atoms with Gasteiger partial charge >= 0.3 is 0 Å². The molecule has 1 heterocycles. The van der Waals surface area contributed by atoms with Gasteiger partial charge in [0.1, 0.15) is 0 Å². The number of amidine groups is 1. The summed E-state index contributed by atoms with van der Waals surface area (Å²) in [6, 6.07) is 0. The molecule has 0 saturated heterocycles. The van der Waals surface area contributed by atoms with Crippen LogP contribution in [0.2, 0.25) is 0 Å². The highest BCUT2D eigenvalue weighted by Crippen LogP contribution is 2.35. The van der Waals surface area contributed by atoms with E-state index in [1.807, 2.05) is 11.8 Å². The molecular weight excluding hydrogens is 144 g/mol. The molecule has 0 radical (unpaired) electrons. The third-order valence-corrected chi connectivity index (χ3v) is 2.89. The van der Waals surface area contributed by atoms with Crippen LogP contribution < -0.4 is 5.32 Å². The van der Waals surface area contributed by atoms with Crippen LogP contribution in [0.5, 0.6) is 0 Å². The number of hydrogen-bond acceptors (Lipinski definition) is 3. The van der Waals surface area contributed by atoms with E-state index in [9.17, 15) is 0 Å². The van der Waals surface area contributed by atoms with E-state index in [1.54, 1.807) is 0 Å². The summed E-state index contributed by atoms with van der Waals surface area (Å²) in [7, 11) is 0. The fourth-order valence-corrected chi connectivity index (χ4v) is 1.86. The SMILES string of the molecule is CC1(NC2=NCCS2)CC1. The lowest BCUT2D eigenvalue weighted by atomic mass is 10.3. The van der Waals surface area contributed by atoms with Gasteiger partial charge in [0.15, 0.2) is 5.17 Å². The topological polar surface area (TPSA) is 24.4 Å². The van der Waals surface area contributed by atoms with Gasteiger partial charge in [-0.1, -0.05) is 11.8 Å². The van der Waals surface area contributed by atoms with Crippen LogP contribution in [0.3, 0.4) is 0 Å². The largest absolute Gasteiger partial charge is 0.360 e. The first-order chi connectivity index (χ1) is 4.79. The second-order valence-corrected chi connectivity index (χ2v) is 4.30. The van der Waals surface area contributed by atoms with Gasteiger partial charge in [-0.25, -0.2) is 0 Å². The van der Waals surface area contributed by atoms with E-state index in [2.05, 4.69) is 17.2 Å². The Labute approximate surface area is 65.5 Å². The van der Waals surface area contributed by atoms with Gasteiger partial charge in [-0.15, -0.1) is 0 Å². The Morgan fingerprint density at radius 3 is 2.90 bits per heavy atom. The molecule has 0 aromatic carbocycles. The highest BCUT2D eigenvalue weighted by molar-refractivity contribution is 8.14. The summed E-state index contributed by atoms with van der Waals surface area (Å²) < 4.78 is 0. The van der Waals surface area contributed by atoms with Crippen molar-refractivity contribution >= 4 is 16.9 Å². The molecule has 0 atom stereocenters. The Balaban J connectivity index is 1.89. The number of aliphatic imine (C=N–C) groups is 1. The van der Waals surface area contributed by atoms with E-state index >= 15 is 0 Å². The number of hydrogen-bond donors (Lipinski definition) is 1. The zero-order chi connectivity index (χ0) is 7.03. The molecule has 0 spiro atoms. The monoisotopic (exact) mass is 156 g/mol. The summed E-state index contributed by atoms with van der Waals surface area (Å²) in [5.74, 6) is 1.17. The molecule has 10 heavy (non-hydrogen) atoms. The average Bonchev–Trinajstić information content (AvgIpc) is 2.47. The molecule has 0 unspecified atom stereocenters. The van der Waals surface area contributed by atoms with Gasteiger partial charge < -0.3 is 5.32 Å². The molecule has 0 aromatic rings. The molecule has 0 bridgehead atoms. The van der Waals surface area contributed by atoms with Crippen molar-refractivity contribution in [3.63, 3.8) is 0 Å². The van der Waals surface area contributed by atoms with Crippen molar-refractivity contribution in [1.29, 1.82) is 0 Å². The molecule has 56 valence electrons. The highest BCUT2D eigenvalue weighted by atomic mass is 32.2. The molecule has 0 aromatic heterocycles. The minimum Gasteiger partial charge on any atom is -0.360 e. The van der Waals surface area contributed by atoms with Gasteiger partial charge in [-0.3, -0.25) is 4.99 Å². The van der Waals surface area contributed by atoms with Crippen LogP contribution in [0.1, 0.15) is 19.8 Å². The van der Waals surface area contributed by atoms with Crippen molar-refractivity contribution in [2.45, 2.75) is 25.3 Å². The Morgan fingerprint density at radius 1 is 1.60 bits per heavy atom. The molecule has 2 aliphatic rings. The van der Waals surface area contributed by atoms with Crippen LogP contribution in [0.15, 0.2) is 4.99 Å². The Morgan fingerprint density at radius 2 is 2.40 bits per heavy atom. The van der Waals surface area contributed by atoms with E-state index in [4.69, 9.17) is 0 Å². The molecule has 1 aliphatic heterocycles. The molecule has 1 aliphatic carbocycles. The lowest BCUT2D eigenvalue weighted by molar-refractivity contribution is 0.672. The lowest BCUT2D eigenvalue weighted by Crippen LogP contribution is -2.31. The first-order valence-corrected chi connectivity index (χ1v) is 4.73. The van der Waals surface area contributed by atoms with Gasteiger partial charge in [-0.05, 0) is 19.8 Å². The van der Waals surface area contributed by atoms with Gasteiger partial charge in [0.05, 0.1) is 6.54 Å². The van der Waals surface area contributed by atoms with Gasteiger partial charge in [0.25, 0.3) is 0 Å². The van der Waals surface area contributed by atoms with E-state index in [0.29, 0.717) is 5.54 Å². The second-order valence-electron chi connectivity index (χ2n) is 3.22. The maximum atomic E-state index is 4.33. The quantitative estimate of drug-likeness (QED) is 0.617. The van der Waals surface area contributed by atoms with Crippen LogP contribution in [0.25, 0.3) is 0 Å². The number of nitrogens with one attached hydrogen (secondary N) is 1. The summed E-state index contributed by atoms with van der Waals surface area (Å²) in [5, 5.41) is 4.61. The smallest absolute Gasteiger partial charge is 0.157 e. The average molecular weight is 156 g/mol. The molecule has 2 nitrogen and oxygen atoms in total. The normalized spacial score (nSPS) is 27.9. The first-order valence-electron chi connectivity index (χ1n) is 3.74. The summed E-state index contributed by atoms with van der Waals surface area (Å²) in [6.07, 6.45) is 2.62. The maximum absolute atomic E-state index is 4.33. The molecule has 1 fully saturated rings. The van der Waals surface area contributed by atoms with Crippen LogP contribution in [0, 0.1) is 0 Å². The predicted octanol–water partition coefficient (Wildman–Crippen LogP) is 1.23. The van der Waals surface area contributed by atoms with E-state index < -0.39 is 0 Å². The van der Waals surface area contributed by atoms with Crippen LogP contribution in [-0.4, -0.2) is 23.0 Å². The van der Waals surface area contributed by atoms with Crippen molar-refractivity contribution in [2.75, 3.05) is 12.3 Å². The minimum absolute atomic E-state index is 0.413. The van der Waals surface area contributed by atoms with Crippen molar-refractivity contribution in [3.05, 3.63) is 0 Å². The van der Waals surface area contributed by atoms with E-state index in [1.165, 1.54) is 23.8 Å². The number of thioether (sulfide) groups is 1.